The van der Waals surface area contributed by atoms with E-state index in [0.29, 0.717) is 16.8 Å². The number of para-hydroxylation sites is 1. The number of aromatic nitrogens is 2. The van der Waals surface area contributed by atoms with Gasteiger partial charge in [-0.3, -0.25) is 9.63 Å². The van der Waals surface area contributed by atoms with Gasteiger partial charge in [0.05, 0.1) is 11.3 Å². The maximum atomic E-state index is 13.7. The number of hydroxylamine groups is 1. The average Bonchev–Trinajstić information content (AvgIpc) is 3.22. The summed E-state index contributed by atoms with van der Waals surface area (Å²) in [5.41, 5.74) is 5.27. The molecule has 0 aliphatic heterocycles. The summed E-state index contributed by atoms with van der Waals surface area (Å²) in [6.45, 7) is -0.0775. The van der Waals surface area contributed by atoms with Gasteiger partial charge in [-0.1, -0.05) is 66.7 Å². The first-order valence-corrected chi connectivity index (χ1v) is 9.08. The number of hydrogen-bond donors (Lipinski definition) is 1. The van der Waals surface area contributed by atoms with Crippen molar-refractivity contribution >= 4 is 5.91 Å². The number of amides is 1. The van der Waals surface area contributed by atoms with Crippen LogP contribution in [0.5, 0.6) is 0 Å². The number of carbonyl (C=O) groups is 1. The number of halogens is 1. The SMILES string of the molecule is O=C(NOCc1ccccc1F)c1cn(-c2ccccc2)nc1-c1ccccc1. The Bertz CT molecular complexity index is 1110. The quantitative estimate of drug-likeness (QED) is 0.494. The van der Waals surface area contributed by atoms with Gasteiger partial charge < -0.3 is 0 Å². The molecular weight excluding hydrogens is 369 g/mol. The van der Waals surface area contributed by atoms with Crippen LogP contribution < -0.4 is 5.48 Å². The molecule has 0 atom stereocenters. The van der Waals surface area contributed by atoms with E-state index in [9.17, 15) is 9.18 Å². The Morgan fingerprint density at radius 1 is 0.931 bits per heavy atom. The minimum Gasteiger partial charge on any atom is -0.268 e. The Morgan fingerprint density at radius 3 is 2.31 bits per heavy atom. The summed E-state index contributed by atoms with van der Waals surface area (Å²) in [6.07, 6.45) is 1.65. The lowest BCUT2D eigenvalue weighted by Gasteiger charge is -2.07. The zero-order valence-corrected chi connectivity index (χ0v) is 15.5. The first kappa shape index (κ1) is 18.6. The molecular formula is C23H18FN3O2. The van der Waals surface area contributed by atoms with Crippen molar-refractivity contribution in [3.8, 4) is 16.9 Å². The van der Waals surface area contributed by atoms with Crippen LogP contribution >= 0.6 is 0 Å². The van der Waals surface area contributed by atoms with Crippen LogP contribution in [0.3, 0.4) is 0 Å². The molecule has 0 saturated heterocycles. The zero-order valence-electron chi connectivity index (χ0n) is 15.5. The lowest BCUT2D eigenvalue weighted by Crippen LogP contribution is -2.24. The highest BCUT2D eigenvalue weighted by Crippen LogP contribution is 2.23. The van der Waals surface area contributed by atoms with E-state index < -0.39 is 5.91 Å². The van der Waals surface area contributed by atoms with Crippen LogP contribution in [0.2, 0.25) is 0 Å². The van der Waals surface area contributed by atoms with Crippen molar-refractivity contribution in [3.05, 3.63) is 108 Å². The third kappa shape index (κ3) is 4.23. The molecule has 144 valence electrons. The average molecular weight is 387 g/mol. The summed E-state index contributed by atoms with van der Waals surface area (Å²) in [5.74, 6) is -0.842. The normalized spacial score (nSPS) is 10.7. The summed E-state index contributed by atoms with van der Waals surface area (Å²) in [7, 11) is 0. The molecule has 1 N–H and O–H groups in total. The lowest BCUT2D eigenvalue weighted by molar-refractivity contribution is 0.0224. The van der Waals surface area contributed by atoms with Crippen LogP contribution in [0, 0.1) is 5.82 Å². The lowest BCUT2D eigenvalue weighted by atomic mass is 10.1. The third-order valence-corrected chi connectivity index (χ3v) is 4.38. The van der Waals surface area contributed by atoms with E-state index in [1.54, 1.807) is 29.1 Å². The molecule has 0 aliphatic carbocycles. The molecule has 4 rings (SSSR count). The number of nitrogens with zero attached hydrogens (tertiary/aromatic N) is 2. The van der Waals surface area contributed by atoms with Crippen molar-refractivity contribution in [2.45, 2.75) is 6.61 Å². The van der Waals surface area contributed by atoms with Gasteiger partial charge in [-0.15, -0.1) is 0 Å². The molecule has 4 aromatic rings. The standard InChI is InChI=1S/C23H18FN3O2/c24-21-14-8-7-11-18(21)16-29-26-23(28)20-15-27(19-12-5-2-6-13-19)25-22(20)17-9-3-1-4-10-17/h1-15H,16H2,(H,26,28). The first-order valence-electron chi connectivity index (χ1n) is 9.08. The zero-order chi connectivity index (χ0) is 20.1. The van der Waals surface area contributed by atoms with Gasteiger partial charge in [0, 0.05) is 17.3 Å². The second kappa shape index (κ2) is 8.50. The molecule has 3 aromatic carbocycles. The monoisotopic (exact) mass is 387 g/mol. The van der Waals surface area contributed by atoms with E-state index in [4.69, 9.17) is 4.84 Å². The highest BCUT2D eigenvalue weighted by molar-refractivity contribution is 5.99. The third-order valence-electron chi connectivity index (χ3n) is 4.38. The molecule has 0 saturated carbocycles. The van der Waals surface area contributed by atoms with Crippen molar-refractivity contribution in [3.63, 3.8) is 0 Å². The summed E-state index contributed by atoms with van der Waals surface area (Å²) in [4.78, 5) is 18.0. The maximum absolute atomic E-state index is 13.7. The fraction of sp³-hybridized carbons (Fsp3) is 0.0435. The van der Waals surface area contributed by atoms with Crippen LogP contribution in [0.15, 0.2) is 91.1 Å². The van der Waals surface area contributed by atoms with E-state index in [1.807, 2.05) is 60.7 Å². The predicted molar refractivity (Wildman–Crippen MR) is 108 cm³/mol. The molecule has 1 amide bonds. The van der Waals surface area contributed by atoms with Gasteiger partial charge in [-0.25, -0.2) is 14.6 Å². The summed E-state index contributed by atoms with van der Waals surface area (Å²) in [6, 6.07) is 25.2. The van der Waals surface area contributed by atoms with E-state index in [0.717, 1.165) is 11.3 Å². The van der Waals surface area contributed by atoms with Gasteiger partial charge >= 0.3 is 0 Å². The molecule has 0 spiro atoms. The molecule has 0 bridgehead atoms. The van der Waals surface area contributed by atoms with Crippen LogP contribution in [0.25, 0.3) is 16.9 Å². The molecule has 0 fully saturated rings. The van der Waals surface area contributed by atoms with Crippen molar-refractivity contribution in [2.24, 2.45) is 0 Å². The van der Waals surface area contributed by atoms with Gasteiger partial charge in [-0.2, -0.15) is 5.10 Å². The number of carbonyl (C=O) groups excluding carboxylic acids is 1. The number of benzene rings is 3. The van der Waals surface area contributed by atoms with Crippen molar-refractivity contribution in [1.82, 2.24) is 15.3 Å². The molecule has 29 heavy (non-hydrogen) atoms. The molecule has 6 heteroatoms. The number of hydrogen-bond acceptors (Lipinski definition) is 3. The van der Waals surface area contributed by atoms with Crippen LogP contribution in [-0.2, 0) is 11.4 Å². The summed E-state index contributed by atoms with van der Waals surface area (Å²) >= 11 is 0. The fourth-order valence-electron chi connectivity index (χ4n) is 2.91. The Labute approximate surface area is 167 Å². The van der Waals surface area contributed by atoms with Gasteiger partial charge in [-0.05, 0) is 18.2 Å². The Balaban J connectivity index is 1.58. The van der Waals surface area contributed by atoms with Gasteiger partial charge in [0.2, 0.25) is 0 Å². The minimum atomic E-state index is -0.456. The van der Waals surface area contributed by atoms with Gasteiger partial charge in [0.25, 0.3) is 5.91 Å². The topological polar surface area (TPSA) is 56.1 Å². The Morgan fingerprint density at radius 2 is 1.59 bits per heavy atom. The minimum absolute atomic E-state index is 0.0775. The van der Waals surface area contributed by atoms with Crippen molar-refractivity contribution < 1.29 is 14.0 Å². The fourth-order valence-corrected chi connectivity index (χ4v) is 2.91. The smallest absolute Gasteiger partial charge is 0.268 e. The number of rotatable bonds is 6. The maximum Gasteiger partial charge on any atom is 0.278 e. The second-order valence-electron chi connectivity index (χ2n) is 6.35. The molecule has 1 heterocycles. The summed E-state index contributed by atoms with van der Waals surface area (Å²) in [5, 5.41) is 4.59. The summed E-state index contributed by atoms with van der Waals surface area (Å²) < 4.78 is 15.4. The largest absolute Gasteiger partial charge is 0.278 e. The molecule has 0 unspecified atom stereocenters. The van der Waals surface area contributed by atoms with Gasteiger partial charge in [0.15, 0.2) is 0 Å². The van der Waals surface area contributed by atoms with Crippen molar-refractivity contribution in [1.29, 1.82) is 0 Å². The van der Waals surface area contributed by atoms with E-state index in [1.165, 1.54) is 6.07 Å². The van der Waals surface area contributed by atoms with Crippen molar-refractivity contribution in [2.75, 3.05) is 0 Å². The van der Waals surface area contributed by atoms with Gasteiger partial charge in [0.1, 0.15) is 18.1 Å². The van der Waals surface area contributed by atoms with E-state index >= 15 is 0 Å². The van der Waals surface area contributed by atoms with Crippen LogP contribution in [0.1, 0.15) is 15.9 Å². The highest BCUT2D eigenvalue weighted by atomic mass is 19.1. The molecule has 1 aromatic heterocycles. The molecule has 5 nitrogen and oxygen atoms in total. The van der Waals surface area contributed by atoms with Crippen LogP contribution in [-0.4, -0.2) is 15.7 Å². The molecule has 0 radical (unpaired) electrons. The Hall–Kier alpha value is -3.77. The second-order valence-corrected chi connectivity index (χ2v) is 6.35. The number of nitrogens with one attached hydrogen (secondary N) is 1. The van der Waals surface area contributed by atoms with Crippen LogP contribution in [0.4, 0.5) is 4.39 Å². The van der Waals surface area contributed by atoms with E-state index in [-0.39, 0.29) is 12.4 Å². The Kier molecular flexibility index (Phi) is 5.45. The predicted octanol–water partition coefficient (Wildman–Crippen LogP) is 4.54. The molecule has 0 aliphatic rings. The first-order chi connectivity index (χ1) is 14.2. The highest BCUT2D eigenvalue weighted by Gasteiger charge is 2.19. The van der Waals surface area contributed by atoms with E-state index in [2.05, 4.69) is 10.6 Å².